The van der Waals surface area contributed by atoms with Crippen LogP contribution in [0.4, 0.5) is 0 Å². The van der Waals surface area contributed by atoms with Crippen LogP contribution in [-0.4, -0.2) is 64.9 Å². The number of carbonyl (C=O) groups is 2. The number of aliphatic carboxylic acids is 1. The molecule has 0 radical (unpaired) electrons. The van der Waals surface area contributed by atoms with Gasteiger partial charge >= 0.3 is 11.9 Å². The average molecular weight is 438 g/mol. The van der Waals surface area contributed by atoms with Crippen LogP contribution in [0.1, 0.15) is 44.1 Å². The number of amides is 1. The quantitative estimate of drug-likeness (QED) is 0.191. The van der Waals surface area contributed by atoms with Crippen molar-refractivity contribution in [3.05, 3.63) is 35.9 Å². The highest BCUT2D eigenvalue weighted by Crippen LogP contribution is 2.27. The van der Waals surface area contributed by atoms with Crippen molar-refractivity contribution in [3.8, 4) is 0 Å². The minimum atomic E-state index is -2.81. The maximum Gasteiger partial charge on any atom is 0.333 e. The maximum absolute atomic E-state index is 12.6. The molecular weight excluding hydrogens is 402 g/mol. The van der Waals surface area contributed by atoms with E-state index in [1.54, 1.807) is 0 Å². The van der Waals surface area contributed by atoms with Crippen LogP contribution in [0, 0.1) is 5.92 Å². The molecule has 0 aromatic heterocycles. The average Bonchev–Trinajstić information content (AvgIpc) is 2.76. The standard InChI is InChI=1S/C22H35N3O6/c23-13-5-4-8-18(21(27)28)31-22(29,30)20(17-11-14-24-15-12-17)25-19(26)10-9-16-6-2-1-3-7-16/h1-3,6-7,17-18,20,24,29-30H,4-5,8-15,23H2,(H,25,26)(H,27,28). The zero-order valence-electron chi connectivity index (χ0n) is 17.8. The Balaban J connectivity index is 2.07. The molecule has 0 spiro atoms. The molecule has 1 aliphatic heterocycles. The van der Waals surface area contributed by atoms with Gasteiger partial charge in [-0.05, 0) is 69.6 Å². The maximum atomic E-state index is 12.6. The highest BCUT2D eigenvalue weighted by Gasteiger charge is 2.45. The van der Waals surface area contributed by atoms with Crippen LogP contribution in [-0.2, 0) is 20.7 Å². The first-order valence-corrected chi connectivity index (χ1v) is 10.9. The number of piperidine rings is 1. The molecule has 1 aromatic rings. The van der Waals surface area contributed by atoms with Crippen molar-refractivity contribution in [2.75, 3.05) is 19.6 Å². The van der Waals surface area contributed by atoms with Gasteiger partial charge in [0.1, 0.15) is 6.04 Å². The van der Waals surface area contributed by atoms with Crippen molar-refractivity contribution in [2.24, 2.45) is 11.7 Å². The lowest BCUT2D eigenvalue weighted by atomic mass is 9.88. The largest absolute Gasteiger partial charge is 0.479 e. The van der Waals surface area contributed by atoms with Gasteiger partial charge in [0, 0.05) is 6.42 Å². The normalized spacial score (nSPS) is 17.1. The number of unbranched alkanes of at least 4 members (excludes halogenated alkanes) is 1. The number of rotatable bonds is 13. The molecule has 0 saturated carbocycles. The second-order valence-electron chi connectivity index (χ2n) is 8.01. The van der Waals surface area contributed by atoms with Crippen molar-refractivity contribution in [2.45, 2.75) is 63.1 Å². The Kier molecular flexibility index (Phi) is 10.4. The lowest BCUT2D eigenvalue weighted by molar-refractivity contribution is -0.370. The van der Waals surface area contributed by atoms with Gasteiger partial charge in [-0.1, -0.05) is 30.3 Å². The molecule has 1 fully saturated rings. The van der Waals surface area contributed by atoms with E-state index in [1.165, 1.54) is 0 Å². The van der Waals surface area contributed by atoms with Gasteiger partial charge < -0.3 is 36.4 Å². The van der Waals surface area contributed by atoms with Crippen LogP contribution in [0.3, 0.4) is 0 Å². The van der Waals surface area contributed by atoms with Crippen molar-refractivity contribution in [1.82, 2.24) is 10.6 Å². The minimum Gasteiger partial charge on any atom is -0.479 e. The van der Waals surface area contributed by atoms with Gasteiger partial charge in [0.2, 0.25) is 5.91 Å². The molecule has 0 bridgehead atoms. The molecule has 1 heterocycles. The molecule has 1 saturated heterocycles. The minimum absolute atomic E-state index is 0.0936. The topological polar surface area (TPSA) is 154 Å². The molecule has 1 amide bonds. The Hall–Kier alpha value is -2.04. The molecule has 1 aromatic carbocycles. The number of carboxylic acid groups (broad SMARTS) is 1. The molecule has 174 valence electrons. The lowest BCUT2D eigenvalue weighted by Gasteiger charge is -2.39. The second kappa shape index (κ2) is 12.7. The molecule has 9 nitrogen and oxygen atoms in total. The van der Waals surface area contributed by atoms with E-state index in [-0.39, 0.29) is 24.7 Å². The number of aliphatic hydroxyl groups is 2. The molecule has 2 unspecified atom stereocenters. The fourth-order valence-corrected chi connectivity index (χ4v) is 3.83. The first-order valence-electron chi connectivity index (χ1n) is 10.9. The van der Waals surface area contributed by atoms with E-state index < -0.39 is 24.1 Å². The zero-order chi connectivity index (χ0) is 22.7. The number of aryl methyl sites for hydroxylation is 1. The zero-order valence-corrected chi connectivity index (χ0v) is 17.8. The lowest BCUT2D eigenvalue weighted by Crippen LogP contribution is -2.61. The van der Waals surface area contributed by atoms with Crippen molar-refractivity contribution < 1.29 is 29.6 Å². The number of hydrogen-bond acceptors (Lipinski definition) is 7. The van der Waals surface area contributed by atoms with Gasteiger partial charge in [-0.2, -0.15) is 0 Å². The Morgan fingerprint density at radius 3 is 2.48 bits per heavy atom. The molecule has 9 heteroatoms. The summed E-state index contributed by atoms with van der Waals surface area (Å²) in [5.41, 5.74) is 6.45. The number of carbonyl (C=O) groups excluding carboxylic acids is 1. The SMILES string of the molecule is NCCCCC(OC(O)(O)C(NC(=O)CCc1ccccc1)C1CCNCC1)C(=O)O. The summed E-state index contributed by atoms with van der Waals surface area (Å²) < 4.78 is 5.26. The van der Waals surface area contributed by atoms with E-state index >= 15 is 0 Å². The summed E-state index contributed by atoms with van der Waals surface area (Å²) in [6.45, 7) is 1.73. The summed E-state index contributed by atoms with van der Waals surface area (Å²) in [6, 6.07) is 8.37. The molecule has 0 aliphatic carbocycles. The fourth-order valence-electron chi connectivity index (χ4n) is 3.83. The Labute approximate surface area is 183 Å². The Bertz CT molecular complexity index is 679. The van der Waals surface area contributed by atoms with Crippen LogP contribution >= 0.6 is 0 Å². The second-order valence-corrected chi connectivity index (χ2v) is 8.01. The molecule has 31 heavy (non-hydrogen) atoms. The Morgan fingerprint density at radius 2 is 1.87 bits per heavy atom. The van der Waals surface area contributed by atoms with Crippen molar-refractivity contribution >= 4 is 11.9 Å². The van der Waals surface area contributed by atoms with E-state index in [0.717, 1.165) is 5.56 Å². The summed E-state index contributed by atoms with van der Waals surface area (Å²) in [5, 5.41) is 36.8. The molecular formula is C22H35N3O6. The molecule has 2 rings (SSSR count). The van der Waals surface area contributed by atoms with Gasteiger partial charge in [0.15, 0.2) is 6.10 Å². The van der Waals surface area contributed by atoms with Gasteiger partial charge in [0.05, 0.1) is 0 Å². The number of nitrogens with two attached hydrogens (primary N) is 1. The number of carboxylic acids is 1. The van der Waals surface area contributed by atoms with Gasteiger partial charge in [-0.15, -0.1) is 0 Å². The summed E-state index contributed by atoms with van der Waals surface area (Å²) in [5.74, 6) is -4.71. The fraction of sp³-hybridized carbons (Fsp3) is 0.636. The van der Waals surface area contributed by atoms with Crippen LogP contribution < -0.4 is 16.4 Å². The number of ether oxygens (including phenoxy) is 1. The van der Waals surface area contributed by atoms with Crippen LogP contribution in [0.2, 0.25) is 0 Å². The highest BCUT2D eigenvalue weighted by atomic mass is 16.8. The Morgan fingerprint density at radius 1 is 1.19 bits per heavy atom. The molecule has 2 atom stereocenters. The number of nitrogens with one attached hydrogen (secondary N) is 2. The predicted octanol–water partition coefficient (Wildman–Crippen LogP) is 0.341. The van der Waals surface area contributed by atoms with Gasteiger partial charge in [-0.25, -0.2) is 4.79 Å². The third kappa shape index (κ3) is 8.54. The number of benzene rings is 1. The molecule has 7 N–H and O–H groups in total. The first kappa shape index (κ1) is 25.2. The van der Waals surface area contributed by atoms with E-state index in [4.69, 9.17) is 10.5 Å². The van der Waals surface area contributed by atoms with Crippen LogP contribution in [0.25, 0.3) is 0 Å². The monoisotopic (exact) mass is 437 g/mol. The van der Waals surface area contributed by atoms with Gasteiger partial charge in [0.25, 0.3) is 0 Å². The number of hydrogen-bond donors (Lipinski definition) is 6. The van der Waals surface area contributed by atoms with Crippen molar-refractivity contribution in [3.63, 3.8) is 0 Å². The van der Waals surface area contributed by atoms with E-state index in [2.05, 4.69) is 10.6 Å². The predicted molar refractivity (Wildman–Crippen MR) is 115 cm³/mol. The third-order valence-electron chi connectivity index (χ3n) is 5.57. The van der Waals surface area contributed by atoms with E-state index in [9.17, 15) is 24.9 Å². The van der Waals surface area contributed by atoms with E-state index in [1.807, 2.05) is 30.3 Å². The summed E-state index contributed by atoms with van der Waals surface area (Å²) >= 11 is 0. The van der Waals surface area contributed by atoms with Gasteiger partial charge in [-0.3, -0.25) is 4.79 Å². The highest BCUT2D eigenvalue weighted by molar-refractivity contribution is 5.76. The van der Waals surface area contributed by atoms with Crippen molar-refractivity contribution in [1.29, 1.82) is 0 Å². The van der Waals surface area contributed by atoms with Crippen LogP contribution in [0.15, 0.2) is 30.3 Å². The van der Waals surface area contributed by atoms with E-state index in [0.29, 0.717) is 51.7 Å². The summed E-state index contributed by atoms with van der Waals surface area (Å²) in [7, 11) is 0. The summed E-state index contributed by atoms with van der Waals surface area (Å²) in [6.07, 6.45) is 1.63. The third-order valence-corrected chi connectivity index (χ3v) is 5.57. The first-order chi connectivity index (χ1) is 14.8. The smallest absolute Gasteiger partial charge is 0.333 e. The van der Waals surface area contributed by atoms with Crippen LogP contribution in [0.5, 0.6) is 0 Å². The molecule has 1 aliphatic rings. The summed E-state index contributed by atoms with van der Waals surface area (Å²) in [4.78, 5) is 24.2.